The number of aromatic amines is 1. The number of pyridine rings is 1. The fraction of sp³-hybridized carbons (Fsp3) is 0. The molecule has 3 N–H and O–H groups in total. The summed E-state index contributed by atoms with van der Waals surface area (Å²) in [7, 11) is 0. The summed E-state index contributed by atoms with van der Waals surface area (Å²) in [4.78, 5) is 3.09. The van der Waals surface area contributed by atoms with Gasteiger partial charge in [0.1, 0.15) is 0 Å². The maximum atomic E-state index is 5.68. The van der Waals surface area contributed by atoms with Gasteiger partial charge in [-0.15, -0.1) is 0 Å². The van der Waals surface area contributed by atoms with Gasteiger partial charge in [0.15, 0.2) is 0 Å². The lowest BCUT2D eigenvalue weighted by Crippen LogP contribution is -1.89. The van der Waals surface area contributed by atoms with E-state index in [0.29, 0.717) is 0 Å². The van der Waals surface area contributed by atoms with Crippen molar-refractivity contribution < 1.29 is 0 Å². The van der Waals surface area contributed by atoms with Gasteiger partial charge < -0.3 is 10.7 Å². The van der Waals surface area contributed by atoms with Crippen LogP contribution in [0.3, 0.4) is 0 Å². The largest absolute Gasteiger partial charge is 0.398 e. The first-order valence-corrected chi connectivity index (χ1v) is 3.19. The Labute approximate surface area is 59.0 Å². The Bertz CT molecular complexity index is 311. The van der Waals surface area contributed by atoms with Gasteiger partial charge in [-0.1, -0.05) is 12.1 Å². The first kappa shape index (κ1) is 5.35. The van der Waals surface area contributed by atoms with E-state index < -0.39 is 0 Å². The number of hydrogen-bond donors (Lipinski definition) is 2. The van der Waals surface area contributed by atoms with Crippen LogP contribution in [0.15, 0.2) is 30.5 Å². The maximum absolute atomic E-state index is 5.68. The summed E-state index contributed by atoms with van der Waals surface area (Å²) in [6.45, 7) is 0. The van der Waals surface area contributed by atoms with Crippen LogP contribution in [0.2, 0.25) is 0 Å². The molecule has 2 rings (SSSR count). The topological polar surface area (TPSA) is 41.8 Å². The third-order valence-corrected chi connectivity index (χ3v) is 1.63. The molecule has 0 fully saturated rings. The second-order valence-electron chi connectivity index (χ2n) is 2.29. The minimum atomic E-state index is 0.832. The van der Waals surface area contributed by atoms with Gasteiger partial charge >= 0.3 is 0 Å². The number of anilines is 1. The number of aromatic nitrogens is 1. The number of hydrogen-bond acceptors (Lipinski definition) is 1. The van der Waals surface area contributed by atoms with Crippen molar-refractivity contribution >= 4 is 5.69 Å². The van der Waals surface area contributed by atoms with Crippen LogP contribution in [-0.4, -0.2) is 4.98 Å². The highest BCUT2D eigenvalue weighted by Crippen LogP contribution is 2.25. The van der Waals surface area contributed by atoms with Gasteiger partial charge in [-0.3, -0.25) is 0 Å². The SMILES string of the molecule is Nc1cc[nH]c2cccc1-2. The molecule has 0 aromatic carbocycles. The van der Waals surface area contributed by atoms with Gasteiger partial charge in [0, 0.05) is 23.1 Å². The monoisotopic (exact) mass is 132 g/mol. The fourth-order valence-corrected chi connectivity index (χ4v) is 1.11. The molecule has 0 aromatic heterocycles. The first-order chi connectivity index (χ1) is 4.88. The Kier molecular flexibility index (Phi) is 0.947. The van der Waals surface area contributed by atoms with Crippen LogP contribution in [0.25, 0.3) is 11.3 Å². The van der Waals surface area contributed by atoms with Crippen molar-refractivity contribution in [3.63, 3.8) is 0 Å². The Morgan fingerprint density at radius 3 is 2.90 bits per heavy atom. The van der Waals surface area contributed by atoms with Crippen molar-refractivity contribution in [2.24, 2.45) is 0 Å². The summed E-state index contributed by atoms with van der Waals surface area (Å²) >= 11 is 0. The summed E-state index contributed by atoms with van der Waals surface area (Å²) in [5, 5.41) is 0. The van der Waals surface area contributed by atoms with Gasteiger partial charge in [-0.25, -0.2) is 0 Å². The molecular weight excluding hydrogens is 124 g/mol. The predicted molar refractivity (Wildman–Crippen MR) is 41.8 cm³/mol. The first-order valence-electron chi connectivity index (χ1n) is 3.19. The molecule has 0 atom stereocenters. The van der Waals surface area contributed by atoms with Crippen molar-refractivity contribution in [1.82, 2.24) is 4.98 Å². The molecule has 1 heterocycles. The number of H-pyrrole nitrogens is 1. The van der Waals surface area contributed by atoms with Crippen molar-refractivity contribution in [2.45, 2.75) is 0 Å². The van der Waals surface area contributed by atoms with E-state index in [2.05, 4.69) is 4.98 Å². The lowest BCUT2D eigenvalue weighted by Gasteiger charge is -2.00. The molecule has 0 saturated carbocycles. The third-order valence-electron chi connectivity index (χ3n) is 1.63. The number of nitrogens with one attached hydrogen (secondary N) is 1. The molecule has 1 aliphatic carbocycles. The van der Waals surface area contributed by atoms with E-state index in [1.165, 1.54) is 0 Å². The number of fused-ring (bicyclic) bond motifs is 1. The number of nitrogens with two attached hydrogens (primary N) is 1. The molecule has 2 nitrogen and oxygen atoms in total. The number of rotatable bonds is 0. The third kappa shape index (κ3) is 0.589. The molecule has 1 aliphatic heterocycles. The highest BCUT2D eigenvalue weighted by Gasteiger charge is 2.02. The molecular formula is C8H8N2. The van der Waals surface area contributed by atoms with Gasteiger partial charge in [-0.05, 0) is 12.1 Å². The van der Waals surface area contributed by atoms with Crippen molar-refractivity contribution in [3.05, 3.63) is 30.5 Å². The highest BCUT2D eigenvalue weighted by molar-refractivity contribution is 5.75. The molecule has 2 aliphatic rings. The molecule has 0 amide bonds. The molecule has 50 valence electrons. The van der Waals surface area contributed by atoms with Crippen LogP contribution in [-0.2, 0) is 0 Å². The van der Waals surface area contributed by atoms with Crippen LogP contribution in [0, 0.1) is 0 Å². The van der Waals surface area contributed by atoms with Crippen LogP contribution < -0.4 is 5.73 Å². The van der Waals surface area contributed by atoms with E-state index in [1.807, 2.05) is 30.5 Å². The van der Waals surface area contributed by atoms with E-state index in [-0.39, 0.29) is 0 Å². The van der Waals surface area contributed by atoms with E-state index in [4.69, 9.17) is 5.73 Å². The zero-order valence-corrected chi connectivity index (χ0v) is 5.46. The van der Waals surface area contributed by atoms with Gasteiger partial charge in [0.25, 0.3) is 0 Å². The molecule has 0 spiro atoms. The average molecular weight is 132 g/mol. The Morgan fingerprint density at radius 2 is 2.10 bits per heavy atom. The molecule has 0 saturated heterocycles. The molecule has 0 radical (unpaired) electrons. The van der Waals surface area contributed by atoms with Crippen molar-refractivity contribution in [3.8, 4) is 11.3 Å². The van der Waals surface area contributed by atoms with Crippen molar-refractivity contribution in [1.29, 1.82) is 0 Å². The minimum absolute atomic E-state index is 0.832. The lowest BCUT2D eigenvalue weighted by molar-refractivity contribution is 1.34. The van der Waals surface area contributed by atoms with E-state index >= 15 is 0 Å². The van der Waals surface area contributed by atoms with Crippen LogP contribution in [0.5, 0.6) is 0 Å². The highest BCUT2D eigenvalue weighted by atomic mass is 14.7. The summed E-state index contributed by atoms with van der Waals surface area (Å²) in [5.74, 6) is 0. The van der Waals surface area contributed by atoms with Crippen LogP contribution in [0.4, 0.5) is 5.69 Å². The van der Waals surface area contributed by atoms with Gasteiger partial charge in [0.2, 0.25) is 0 Å². The second kappa shape index (κ2) is 1.77. The molecule has 10 heavy (non-hydrogen) atoms. The standard InChI is InChI=1S/C8H8N2/c9-7-4-5-10-8-3-1-2-6(7)8/h1-5,10H,9H2. The minimum Gasteiger partial charge on any atom is -0.398 e. The van der Waals surface area contributed by atoms with E-state index in [0.717, 1.165) is 16.9 Å². The summed E-state index contributed by atoms with van der Waals surface area (Å²) < 4.78 is 0. The Hall–Kier alpha value is -1.44. The smallest absolute Gasteiger partial charge is 0.0474 e. The zero-order valence-electron chi connectivity index (χ0n) is 5.46. The van der Waals surface area contributed by atoms with Gasteiger partial charge in [0.05, 0.1) is 0 Å². The summed E-state index contributed by atoms with van der Waals surface area (Å²) in [6, 6.07) is 7.85. The molecule has 0 bridgehead atoms. The zero-order chi connectivity index (χ0) is 6.97. The fourth-order valence-electron chi connectivity index (χ4n) is 1.11. The maximum Gasteiger partial charge on any atom is 0.0474 e. The second-order valence-corrected chi connectivity index (χ2v) is 2.29. The summed E-state index contributed by atoms with van der Waals surface area (Å²) in [6.07, 6.45) is 1.84. The normalized spacial score (nSPS) is 10.4. The van der Waals surface area contributed by atoms with E-state index in [9.17, 15) is 0 Å². The van der Waals surface area contributed by atoms with Crippen LogP contribution >= 0.6 is 0 Å². The predicted octanol–water partition coefficient (Wildman–Crippen LogP) is 1.70. The average Bonchev–Trinajstić information content (AvgIpc) is 2.36. The Balaban J connectivity index is 2.80. The number of nitrogen functional groups attached to an aromatic ring is 1. The molecule has 0 aromatic rings. The molecule has 2 heteroatoms. The summed E-state index contributed by atoms with van der Waals surface area (Å²) in [5.41, 5.74) is 8.71. The van der Waals surface area contributed by atoms with Gasteiger partial charge in [-0.2, -0.15) is 0 Å². The van der Waals surface area contributed by atoms with E-state index in [1.54, 1.807) is 0 Å². The lowest BCUT2D eigenvalue weighted by atomic mass is 10.2. The molecule has 0 unspecified atom stereocenters. The van der Waals surface area contributed by atoms with Crippen molar-refractivity contribution in [2.75, 3.05) is 5.73 Å². The van der Waals surface area contributed by atoms with Crippen LogP contribution in [0.1, 0.15) is 0 Å². The Morgan fingerprint density at radius 1 is 1.20 bits per heavy atom. The quantitative estimate of drug-likeness (QED) is 0.562.